The molecule has 172 valence electrons. The SMILES string of the molecule is O=C1NC(=O)C(C#Cc2cnc3ccc(Br)cn23)(Cn2cc3ccc(OC(F)F)cc3c2O)N1. The highest BCUT2D eigenvalue weighted by molar-refractivity contribution is 9.10. The Hall–Kier alpha value is -4.11. The first-order valence-electron chi connectivity index (χ1n) is 9.80. The van der Waals surface area contributed by atoms with Crippen molar-refractivity contribution in [2.75, 3.05) is 0 Å². The second-order valence-electron chi connectivity index (χ2n) is 7.49. The molecule has 0 saturated carbocycles. The molecule has 0 spiro atoms. The molecule has 4 aromatic rings. The normalized spacial score (nSPS) is 17.6. The van der Waals surface area contributed by atoms with Gasteiger partial charge in [-0.05, 0) is 52.2 Å². The molecule has 9 nitrogen and oxygen atoms in total. The maximum Gasteiger partial charge on any atom is 0.387 e. The Bertz CT molecular complexity index is 1540. The lowest BCUT2D eigenvalue weighted by atomic mass is 10.0. The predicted octanol–water partition coefficient (Wildman–Crippen LogP) is 2.99. The highest BCUT2D eigenvalue weighted by Gasteiger charge is 2.46. The van der Waals surface area contributed by atoms with Gasteiger partial charge in [-0.2, -0.15) is 8.78 Å². The standard InChI is InChI=1S/C22H14BrF2N5O4/c23-13-2-4-17-26-8-14(30(17)10-13)5-6-22(19(32)27-21(33)28-22)11-29-9-12-1-3-15(34-20(24)25)7-16(12)18(29)31/h1-4,7-10,20,31H,11H2,(H2,27,28,32,33). The summed E-state index contributed by atoms with van der Waals surface area (Å²) in [7, 11) is 0. The van der Waals surface area contributed by atoms with E-state index < -0.39 is 24.1 Å². The number of nitrogens with one attached hydrogen (secondary N) is 2. The van der Waals surface area contributed by atoms with E-state index in [9.17, 15) is 23.5 Å². The highest BCUT2D eigenvalue weighted by Crippen LogP contribution is 2.32. The minimum Gasteiger partial charge on any atom is -0.494 e. The summed E-state index contributed by atoms with van der Waals surface area (Å²) in [4.78, 5) is 29.0. The number of carbonyl (C=O) groups is 2. The molecule has 1 aliphatic heterocycles. The summed E-state index contributed by atoms with van der Waals surface area (Å²) in [5.74, 6) is 4.58. The van der Waals surface area contributed by atoms with Crippen LogP contribution >= 0.6 is 15.9 Å². The lowest BCUT2D eigenvalue weighted by molar-refractivity contribution is -0.122. The van der Waals surface area contributed by atoms with E-state index in [2.05, 4.69) is 48.1 Å². The Morgan fingerprint density at radius 3 is 2.79 bits per heavy atom. The predicted molar refractivity (Wildman–Crippen MR) is 119 cm³/mol. The molecule has 1 aromatic carbocycles. The van der Waals surface area contributed by atoms with E-state index in [1.54, 1.807) is 16.7 Å². The van der Waals surface area contributed by atoms with Gasteiger partial charge in [0.2, 0.25) is 5.54 Å². The Morgan fingerprint density at radius 2 is 2.06 bits per heavy atom. The largest absolute Gasteiger partial charge is 0.494 e. The van der Waals surface area contributed by atoms with Crippen molar-refractivity contribution >= 4 is 44.3 Å². The number of ether oxygens (including phenoxy) is 1. The fourth-order valence-electron chi connectivity index (χ4n) is 3.73. The number of carbonyl (C=O) groups excluding carboxylic acids is 2. The number of hydrogen-bond acceptors (Lipinski definition) is 5. The van der Waals surface area contributed by atoms with Crippen molar-refractivity contribution in [3.05, 3.63) is 59.1 Å². The number of aromatic hydroxyl groups is 1. The molecule has 1 unspecified atom stereocenters. The molecule has 0 aliphatic carbocycles. The van der Waals surface area contributed by atoms with Gasteiger partial charge < -0.3 is 19.7 Å². The second-order valence-corrected chi connectivity index (χ2v) is 8.41. The molecule has 3 amide bonds. The van der Waals surface area contributed by atoms with E-state index in [1.165, 1.54) is 35.2 Å². The van der Waals surface area contributed by atoms with Crippen molar-refractivity contribution in [1.82, 2.24) is 24.6 Å². The number of fused-ring (bicyclic) bond motifs is 2. The summed E-state index contributed by atoms with van der Waals surface area (Å²) in [5.41, 5.74) is -0.597. The second kappa shape index (κ2) is 8.03. The highest BCUT2D eigenvalue weighted by atomic mass is 79.9. The molecule has 34 heavy (non-hydrogen) atoms. The summed E-state index contributed by atoms with van der Waals surface area (Å²) >= 11 is 3.38. The van der Waals surface area contributed by atoms with Gasteiger partial charge in [-0.3, -0.25) is 14.5 Å². The Balaban J connectivity index is 1.55. The van der Waals surface area contributed by atoms with Gasteiger partial charge in [0.15, 0.2) is 5.88 Å². The molecule has 0 bridgehead atoms. The van der Waals surface area contributed by atoms with Gasteiger partial charge in [-0.1, -0.05) is 5.92 Å². The molecule has 0 radical (unpaired) electrons. The molecule has 12 heteroatoms. The maximum absolute atomic E-state index is 12.8. The monoisotopic (exact) mass is 529 g/mol. The van der Waals surface area contributed by atoms with Gasteiger partial charge in [-0.15, -0.1) is 0 Å². The van der Waals surface area contributed by atoms with E-state index >= 15 is 0 Å². The molecule has 3 N–H and O–H groups in total. The summed E-state index contributed by atoms with van der Waals surface area (Å²) in [6.45, 7) is -3.26. The van der Waals surface area contributed by atoms with Crippen LogP contribution in [0, 0.1) is 11.8 Å². The van der Waals surface area contributed by atoms with Gasteiger partial charge >= 0.3 is 12.6 Å². The van der Waals surface area contributed by atoms with Crippen LogP contribution in [0.1, 0.15) is 5.69 Å². The summed E-state index contributed by atoms with van der Waals surface area (Å²) in [6, 6.07) is 6.96. The first-order valence-corrected chi connectivity index (χ1v) is 10.6. The zero-order valence-electron chi connectivity index (χ0n) is 17.1. The molecule has 5 rings (SSSR count). The number of urea groups is 1. The molecule has 1 saturated heterocycles. The van der Waals surface area contributed by atoms with Crippen molar-refractivity contribution in [3.8, 4) is 23.5 Å². The molecular formula is C22H14BrF2N5O4. The van der Waals surface area contributed by atoms with Crippen LogP contribution in [0.2, 0.25) is 0 Å². The van der Waals surface area contributed by atoms with Gasteiger partial charge in [0.1, 0.15) is 17.1 Å². The average Bonchev–Trinajstić information content (AvgIpc) is 3.40. The summed E-state index contributed by atoms with van der Waals surface area (Å²) in [5, 5.41) is 16.2. The van der Waals surface area contributed by atoms with Crippen molar-refractivity contribution in [3.63, 3.8) is 0 Å². The zero-order valence-corrected chi connectivity index (χ0v) is 18.6. The fraction of sp³-hybridized carbons (Fsp3) is 0.136. The summed E-state index contributed by atoms with van der Waals surface area (Å²) in [6.07, 6.45) is 4.81. The topological polar surface area (TPSA) is 110 Å². The van der Waals surface area contributed by atoms with Crippen molar-refractivity contribution in [1.29, 1.82) is 0 Å². The van der Waals surface area contributed by atoms with E-state index in [4.69, 9.17) is 0 Å². The number of aromatic nitrogens is 3. The van der Waals surface area contributed by atoms with Crippen LogP contribution in [0.5, 0.6) is 11.6 Å². The van der Waals surface area contributed by atoms with E-state index in [1.807, 2.05) is 6.07 Å². The van der Waals surface area contributed by atoms with Gasteiger partial charge in [0.25, 0.3) is 5.91 Å². The van der Waals surface area contributed by atoms with Crippen LogP contribution in [0.3, 0.4) is 0 Å². The van der Waals surface area contributed by atoms with Gasteiger partial charge in [0, 0.05) is 27.6 Å². The molecule has 1 fully saturated rings. The third kappa shape index (κ3) is 3.80. The quantitative estimate of drug-likeness (QED) is 0.278. The Morgan fingerprint density at radius 1 is 1.24 bits per heavy atom. The zero-order chi connectivity index (χ0) is 24.0. The first kappa shape index (κ1) is 21.7. The molecule has 4 heterocycles. The third-order valence-electron chi connectivity index (χ3n) is 5.28. The minimum atomic E-state index is -3.02. The van der Waals surface area contributed by atoms with Gasteiger partial charge in [-0.25, -0.2) is 9.78 Å². The average molecular weight is 530 g/mol. The fourth-order valence-corrected chi connectivity index (χ4v) is 4.06. The minimum absolute atomic E-state index is 0.129. The van der Waals surface area contributed by atoms with Crippen LogP contribution in [-0.4, -0.2) is 43.1 Å². The molecule has 1 atom stereocenters. The number of alkyl halides is 2. The number of amides is 3. The van der Waals surface area contributed by atoms with E-state index in [0.717, 1.165) is 4.47 Å². The molecule has 3 aromatic heterocycles. The van der Waals surface area contributed by atoms with Crippen LogP contribution in [0.25, 0.3) is 16.4 Å². The van der Waals surface area contributed by atoms with Crippen LogP contribution in [0.4, 0.5) is 13.6 Å². The number of nitrogens with zero attached hydrogens (tertiary/aromatic N) is 3. The van der Waals surface area contributed by atoms with Crippen LogP contribution in [0.15, 0.2) is 53.4 Å². The smallest absolute Gasteiger partial charge is 0.387 e. The lowest BCUT2D eigenvalue weighted by Gasteiger charge is -2.20. The number of imide groups is 1. The van der Waals surface area contributed by atoms with E-state index in [-0.39, 0.29) is 23.6 Å². The third-order valence-corrected chi connectivity index (χ3v) is 5.75. The number of pyridine rings is 1. The van der Waals surface area contributed by atoms with Crippen molar-refractivity contribution in [2.45, 2.75) is 18.7 Å². The summed E-state index contributed by atoms with van der Waals surface area (Å²) < 4.78 is 33.3. The number of hydrogen-bond donors (Lipinski definition) is 3. The Kier molecular flexibility index (Phi) is 5.13. The van der Waals surface area contributed by atoms with E-state index in [0.29, 0.717) is 16.7 Å². The maximum atomic E-state index is 12.8. The Labute approximate surface area is 198 Å². The number of imidazole rings is 1. The molecular weight excluding hydrogens is 516 g/mol. The van der Waals surface area contributed by atoms with Crippen LogP contribution in [-0.2, 0) is 11.3 Å². The number of halogens is 3. The van der Waals surface area contributed by atoms with Crippen LogP contribution < -0.4 is 15.4 Å². The lowest BCUT2D eigenvalue weighted by Crippen LogP contribution is -2.49. The number of rotatable bonds is 4. The van der Waals surface area contributed by atoms with Gasteiger partial charge in [0.05, 0.1) is 12.7 Å². The number of benzene rings is 1. The van der Waals surface area contributed by atoms with Crippen molar-refractivity contribution in [2.24, 2.45) is 0 Å². The first-order chi connectivity index (χ1) is 16.2. The molecule has 1 aliphatic rings. The van der Waals surface area contributed by atoms with Crippen molar-refractivity contribution < 1.29 is 28.2 Å².